The number of rotatable bonds is 5. The minimum absolute atomic E-state index is 0.139. The van der Waals surface area contributed by atoms with Crippen LogP contribution in [-0.2, 0) is 9.53 Å². The summed E-state index contributed by atoms with van der Waals surface area (Å²) in [5.41, 5.74) is 0.661. The van der Waals surface area contributed by atoms with Crippen molar-refractivity contribution in [3.05, 3.63) is 0 Å². The maximum atomic E-state index is 12.9. The summed E-state index contributed by atoms with van der Waals surface area (Å²) in [6, 6.07) is 0. The second kappa shape index (κ2) is 8.19. The zero-order chi connectivity index (χ0) is 20.8. The molecule has 0 radical (unpaired) electrons. The van der Waals surface area contributed by atoms with Crippen LogP contribution in [0.2, 0.25) is 0 Å². The van der Waals surface area contributed by atoms with Gasteiger partial charge in [0, 0.05) is 0 Å². The van der Waals surface area contributed by atoms with E-state index in [1.165, 1.54) is 64.2 Å². The highest BCUT2D eigenvalue weighted by Gasteiger charge is 2.61. The van der Waals surface area contributed by atoms with E-state index < -0.39 is 0 Å². The summed E-state index contributed by atoms with van der Waals surface area (Å²) in [5.74, 6) is 4.92. The number of cyclic esters (lactones) is 1. The monoisotopic (exact) mass is 402 g/mol. The van der Waals surface area contributed by atoms with Gasteiger partial charge < -0.3 is 4.74 Å². The first-order valence-corrected chi connectivity index (χ1v) is 12.9. The first-order valence-electron chi connectivity index (χ1n) is 12.9. The maximum Gasteiger partial charge on any atom is 0.309 e. The Bertz CT molecular complexity index is 597. The van der Waals surface area contributed by atoms with Gasteiger partial charge in [-0.15, -0.1) is 0 Å². The molecular weight excluding hydrogens is 356 g/mol. The van der Waals surface area contributed by atoms with E-state index in [1.807, 2.05) is 0 Å². The molecule has 0 N–H and O–H groups in total. The molecule has 166 valence electrons. The number of hydrogen-bond acceptors (Lipinski definition) is 2. The molecule has 0 aromatic heterocycles. The van der Waals surface area contributed by atoms with Crippen LogP contribution in [0.4, 0.5) is 0 Å². The fourth-order valence-corrected chi connectivity index (χ4v) is 8.83. The number of carbonyl (C=O) groups is 1. The molecule has 0 amide bonds. The van der Waals surface area contributed by atoms with Crippen LogP contribution in [0.25, 0.3) is 0 Å². The topological polar surface area (TPSA) is 26.3 Å². The van der Waals surface area contributed by atoms with Crippen LogP contribution in [0.3, 0.4) is 0 Å². The van der Waals surface area contributed by atoms with Crippen LogP contribution >= 0.6 is 0 Å². The Morgan fingerprint density at radius 3 is 2.45 bits per heavy atom. The molecule has 8 atom stereocenters. The average Bonchev–Trinajstić information content (AvgIpc) is 2.97. The molecule has 2 heteroatoms. The normalized spacial score (nSPS) is 45.7. The fourth-order valence-electron chi connectivity index (χ4n) is 8.83. The van der Waals surface area contributed by atoms with E-state index in [9.17, 15) is 4.79 Å². The van der Waals surface area contributed by atoms with Crippen molar-refractivity contribution in [2.24, 2.45) is 52.3 Å². The van der Waals surface area contributed by atoms with Crippen LogP contribution in [0, 0.1) is 52.3 Å². The van der Waals surface area contributed by atoms with Crippen molar-refractivity contribution < 1.29 is 9.53 Å². The molecule has 0 aromatic rings. The minimum atomic E-state index is 0.139. The van der Waals surface area contributed by atoms with E-state index in [2.05, 4.69) is 34.6 Å². The lowest BCUT2D eigenvalue weighted by Gasteiger charge is -2.55. The smallest absolute Gasteiger partial charge is 0.309 e. The summed E-state index contributed by atoms with van der Waals surface area (Å²) in [6.45, 7) is 13.0. The molecule has 1 heterocycles. The second-order valence-electron chi connectivity index (χ2n) is 12.3. The fraction of sp³-hybridized carbons (Fsp3) is 0.963. The van der Waals surface area contributed by atoms with Gasteiger partial charge in [-0.3, -0.25) is 4.79 Å². The third-order valence-corrected chi connectivity index (χ3v) is 10.4. The van der Waals surface area contributed by atoms with Gasteiger partial charge >= 0.3 is 5.97 Å². The van der Waals surface area contributed by atoms with Crippen molar-refractivity contribution in [2.75, 3.05) is 6.61 Å². The van der Waals surface area contributed by atoms with Crippen molar-refractivity contribution in [3.8, 4) is 0 Å². The first kappa shape index (κ1) is 21.7. The molecule has 3 saturated carbocycles. The zero-order valence-corrected chi connectivity index (χ0v) is 19.8. The molecule has 8 unspecified atom stereocenters. The van der Waals surface area contributed by atoms with E-state index >= 15 is 0 Å². The molecule has 3 aliphatic carbocycles. The summed E-state index contributed by atoms with van der Waals surface area (Å²) in [4.78, 5) is 12.9. The largest absolute Gasteiger partial charge is 0.465 e. The predicted molar refractivity (Wildman–Crippen MR) is 119 cm³/mol. The Kier molecular flexibility index (Phi) is 6.13. The lowest BCUT2D eigenvalue weighted by Crippen LogP contribution is -2.50. The van der Waals surface area contributed by atoms with E-state index in [4.69, 9.17) is 4.74 Å². The van der Waals surface area contributed by atoms with Crippen LogP contribution in [-0.4, -0.2) is 12.6 Å². The second-order valence-corrected chi connectivity index (χ2v) is 12.3. The molecule has 29 heavy (non-hydrogen) atoms. The Morgan fingerprint density at radius 2 is 1.69 bits per heavy atom. The highest BCUT2D eigenvalue weighted by atomic mass is 16.5. The van der Waals surface area contributed by atoms with Crippen molar-refractivity contribution >= 4 is 5.97 Å². The highest BCUT2D eigenvalue weighted by molar-refractivity contribution is 5.74. The summed E-state index contributed by atoms with van der Waals surface area (Å²) in [5, 5.41) is 0. The number of fused-ring (bicyclic) bond motifs is 5. The van der Waals surface area contributed by atoms with Crippen LogP contribution in [0.5, 0.6) is 0 Å². The molecule has 0 bridgehead atoms. The Balaban J connectivity index is 1.52. The van der Waals surface area contributed by atoms with Gasteiger partial charge in [0.2, 0.25) is 0 Å². The number of ether oxygens (including phenoxy) is 1. The highest BCUT2D eigenvalue weighted by Crippen LogP contribution is 2.66. The van der Waals surface area contributed by atoms with Crippen molar-refractivity contribution in [1.29, 1.82) is 0 Å². The van der Waals surface area contributed by atoms with Crippen molar-refractivity contribution in [3.63, 3.8) is 0 Å². The Morgan fingerprint density at radius 1 is 0.931 bits per heavy atom. The lowest BCUT2D eigenvalue weighted by molar-refractivity contribution is -0.153. The van der Waals surface area contributed by atoms with Gasteiger partial charge in [0.15, 0.2) is 0 Å². The predicted octanol–water partition coefficient (Wildman–Crippen LogP) is 7.26. The SMILES string of the molecule is CC(C)CCCC(C)C1CCC2C3COC(=O)C4CCCCC4(C)C3CCC12C. The Labute approximate surface area is 179 Å². The zero-order valence-electron chi connectivity index (χ0n) is 19.8. The molecular formula is C27H46O2. The van der Waals surface area contributed by atoms with E-state index in [-0.39, 0.29) is 17.3 Å². The minimum Gasteiger partial charge on any atom is -0.465 e. The Hall–Kier alpha value is -0.530. The lowest BCUT2D eigenvalue weighted by atomic mass is 9.49. The van der Waals surface area contributed by atoms with Gasteiger partial charge in [-0.05, 0) is 84.9 Å². The van der Waals surface area contributed by atoms with Gasteiger partial charge in [0.25, 0.3) is 0 Å². The molecule has 4 rings (SSSR count). The number of carbonyl (C=O) groups excluding carboxylic acids is 1. The van der Waals surface area contributed by atoms with Gasteiger partial charge in [-0.2, -0.15) is 0 Å². The van der Waals surface area contributed by atoms with E-state index in [0.717, 1.165) is 30.1 Å². The number of esters is 1. The summed E-state index contributed by atoms with van der Waals surface area (Å²) < 4.78 is 6.01. The van der Waals surface area contributed by atoms with Crippen LogP contribution in [0.15, 0.2) is 0 Å². The van der Waals surface area contributed by atoms with Gasteiger partial charge in [-0.1, -0.05) is 66.7 Å². The third kappa shape index (κ3) is 3.69. The van der Waals surface area contributed by atoms with E-state index in [0.29, 0.717) is 23.9 Å². The standard InChI is InChI=1S/C27H46O2/c1-18(2)9-8-10-19(3)21-12-13-22-20-17-29-25(28)24-11-6-7-15-26(24,4)23(20)14-16-27(21,22)5/h18-24H,6-17H2,1-5H3. The van der Waals surface area contributed by atoms with Gasteiger partial charge in [-0.25, -0.2) is 0 Å². The van der Waals surface area contributed by atoms with Gasteiger partial charge in [0.1, 0.15) is 0 Å². The molecule has 4 fully saturated rings. The molecule has 2 nitrogen and oxygen atoms in total. The quantitative estimate of drug-likeness (QED) is 0.452. The third-order valence-electron chi connectivity index (χ3n) is 10.4. The number of hydrogen-bond donors (Lipinski definition) is 0. The van der Waals surface area contributed by atoms with E-state index in [1.54, 1.807) is 0 Å². The van der Waals surface area contributed by atoms with Crippen LogP contribution < -0.4 is 0 Å². The average molecular weight is 403 g/mol. The van der Waals surface area contributed by atoms with Crippen LogP contribution in [0.1, 0.15) is 105 Å². The van der Waals surface area contributed by atoms with Crippen molar-refractivity contribution in [2.45, 2.75) is 105 Å². The maximum absolute atomic E-state index is 12.9. The molecule has 0 aromatic carbocycles. The first-order chi connectivity index (χ1) is 13.8. The summed E-state index contributed by atoms with van der Waals surface area (Å²) in [7, 11) is 0. The van der Waals surface area contributed by atoms with Crippen molar-refractivity contribution in [1.82, 2.24) is 0 Å². The molecule has 1 saturated heterocycles. The molecule has 0 spiro atoms. The molecule has 1 aliphatic heterocycles. The van der Waals surface area contributed by atoms with Gasteiger partial charge in [0.05, 0.1) is 12.5 Å². The molecule has 4 aliphatic rings. The summed E-state index contributed by atoms with van der Waals surface area (Å²) >= 11 is 0. The summed E-state index contributed by atoms with van der Waals surface area (Å²) in [6.07, 6.45) is 14.5.